The quantitative estimate of drug-likeness (QED) is 0.547. The Balaban J connectivity index is -0.000000320. The van der Waals surface area contributed by atoms with Crippen molar-refractivity contribution in [3.8, 4) is 0 Å². The molecule has 0 aliphatic carbocycles. The number of hydrogen-bond donors (Lipinski definition) is 0. The molecule has 0 aliphatic rings. The third-order valence-corrected chi connectivity index (χ3v) is 0.671. The Hall–Kier alpha value is 0.964. The van der Waals surface area contributed by atoms with E-state index < -0.39 is 0 Å². The van der Waals surface area contributed by atoms with Crippen molar-refractivity contribution in [3.63, 3.8) is 0 Å². The molecule has 68 valence electrons. The molecule has 11 heavy (non-hydrogen) atoms. The van der Waals surface area contributed by atoms with Crippen LogP contribution in [0.15, 0.2) is 0 Å². The van der Waals surface area contributed by atoms with E-state index in [0.29, 0.717) is 0 Å². The average Bonchev–Trinajstić information content (AvgIpc) is 1.14. The number of nitrogens with zero attached hydrogens (tertiary/aromatic N) is 1. The van der Waals surface area contributed by atoms with Gasteiger partial charge in [0.1, 0.15) is 0 Å². The minimum absolute atomic E-state index is 0. The molecule has 0 atom stereocenters. The van der Waals surface area contributed by atoms with E-state index in [1.165, 1.54) is 0 Å². The molecule has 0 aliphatic heterocycles. The fourth-order valence-electron chi connectivity index (χ4n) is 1.01. The first kappa shape index (κ1) is 17.9. The molecular weight excluding hydrogens is 193 g/mol. The molecule has 0 aromatic carbocycles. The zero-order chi connectivity index (χ0) is 7.71. The van der Waals surface area contributed by atoms with E-state index in [2.05, 4.69) is 46.9 Å². The minimum atomic E-state index is 0. The molecule has 0 N–H and O–H groups in total. The van der Waals surface area contributed by atoms with Crippen LogP contribution in [0.5, 0.6) is 0 Å². The van der Waals surface area contributed by atoms with Crippen molar-refractivity contribution in [2.45, 2.75) is 52.6 Å². The molecule has 3 heteroatoms. The zero-order valence-electron chi connectivity index (χ0n) is 8.36. The van der Waals surface area contributed by atoms with E-state index in [0.717, 1.165) is 0 Å². The van der Waals surface area contributed by atoms with Gasteiger partial charge in [-0.05, 0) is 0 Å². The first-order valence-electron chi connectivity index (χ1n) is 3.45. The summed E-state index contributed by atoms with van der Waals surface area (Å²) >= 11 is 0. The summed E-state index contributed by atoms with van der Waals surface area (Å²) in [6, 6.07) is 0. The molecule has 0 amide bonds. The van der Waals surface area contributed by atoms with Crippen molar-refractivity contribution in [1.29, 1.82) is 0 Å². The van der Waals surface area contributed by atoms with Gasteiger partial charge in [-0.3, -0.25) is 0 Å². The van der Waals surface area contributed by atoms with E-state index in [9.17, 15) is 0 Å². The van der Waals surface area contributed by atoms with Gasteiger partial charge in [0.15, 0.2) is 0 Å². The van der Waals surface area contributed by atoms with Crippen LogP contribution in [0.4, 0.5) is 0 Å². The van der Waals surface area contributed by atoms with Crippen molar-refractivity contribution in [1.82, 2.24) is 0 Å². The third kappa shape index (κ3) is 18.2. The van der Waals surface area contributed by atoms with Crippen molar-refractivity contribution in [2.24, 2.45) is 0 Å². The Morgan fingerprint density at radius 1 is 0.727 bits per heavy atom. The molecule has 0 heterocycles. The van der Waals surface area contributed by atoms with E-state index >= 15 is 0 Å². The summed E-state index contributed by atoms with van der Waals surface area (Å²) in [4.78, 5) is 0. The van der Waals surface area contributed by atoms with Gasteiger partial charge in [0.2, 0.25) is 0 Å². The molecule has 0 rings (SSSR count). The van der Waals surface area contributed by atoms with Gasteiger partial charge in [0.05, 0.1) is 0 Å². The van der Waals surface area contributed by atoms with Crippen LogP contribution in [0.3, 0.4) is 0 Å². The smallest absolute Gasteiger partial charge is 0 e. The topological polar surface area (TPSA) is 14.1 Å². The summed E-state index contributed by atoms with van der Waals surface area (Å²) in [5, 5.41) is 4.54. The predicted molar refractivity (Wildman–Crippen MR) is 50.1 cm³/mol. The maximum absolute atomic E-state index is 4.54. The second-order valence-corrected chi connectivity index (χ2v) is 4.45. The Labute approximate surface area is 92.0 Å². The average molecular weight is 213 g/mol. The standard InChI is InChI=1S/C8H18N.ClH.Ti/c1-7(2,3)9-8(4,5)6;;/h1-6H3;1H;/q-1;;. The van der Waals surface area contributed by atoms with Crippen molar-refractivity contribution >= 4 is 12.4 Å². The fourth-order valence-corrected chi connectivity index (χ4v) is 1.01. The first-order chi connectivity index (χ1) is 3.71. The molecule has 0 saturated heterocycles. The molecule has 0 aromatic heterocycles. The van der Waals surface area contributed by atoms with Gasteiger partial charge in [-0.15, -0.1) is 23.5 Å². The molecule has 0 saturated carbocycles. The summed E-state index contributed by atoms with van der Waals surface area (Å²) in [6.07, 6.45) is 0. The van der Waals surface area contributed by atoms with Crippen molar-refractivity contribution in [3.05, 3.63) is 5.32 Å². The van der Waals surface area contributed by atoms with Crippen molar-refractivity contribution in [2.75, 3.05) is 0 Å². The minimum Gasteiger partial charge on any atom is -0.653 e. The molecule has 0 radical (unpaired) electrons. The Bertz CT molecular complexity index is 79.2. The Kier molecular flexibility index (Phi) is 9.08. The molecule has 0 spiro atoms. The van der Waals surface area contributed by atoms with Gasteiger partial charge in [0.25, 0.3) is 0 Å². The van der Waals surface area contributed by atoms with Crippen molar-refractivity contribution < 1.29 is 21.7 Å². The second-order valence-electron chi connectivity index (χ2n) is 4.45. The van der Waals surface area contributed by atoms with E-state index in [4.69, 9.17) is 0 Å². The fraction of sp³-hybridized carbons (Fsp3) is 1.00. The number of halogens is 1. The van der Waals surface area contributed by atoms with Gasteiger partial charge in [-0.1, -0.05) is 41.5 Å². The molecule has 1 nitrogen and oxygen atoms in total. The van der Waals surface area contributed by atoms with Crippen LogP contribution in [0, 0.1) is 0 Å². The summed E-state index contributed by atoms with van der Waals surface area (Å²) < 4.78 is 0. The third-order valence-electron chi connectivity index (χ3n) is 0.671. The molecule has 0 fully saturated rings. The van der Waals surface area contributed by atoms with Crippen LogP contribution in [0.2, 0.25) is 0 Å². The van der Waals surface area contributed by atoms with Gasteiger partial charge >= 0.3 is 0 Å². The molecule has 0 bridgehead atoms. The second kappa shape index (κ2) is 5.58. The van der Waals surface area contributed by atoms with Crippen LogP contribution >= 0.6 is 12.4 Å². The van der Waals surface area contributed by atoms with E-state index in [1.54, 1.807) is 0 Å². The Morgan fingerprint density at radius 2 is 0.909 bits per heavy atom. The van der Waals surface area contributed by atoms with Crippen LogP contribution < -0.4 is 0 Å². The normalized spacial score (nSPS) is 11.5. The van der Waals surface area contributed by atoms with Crippen LogP contribution in [-0.2, 0) is 21.7 Å². The predicted octanol–water partition coefficient (Wildman–Crippen LogP) is 3.38. The zero-order valence-corrected chi connectivity index (χ0v) is 10.7. The monoisotopic (exact) mass is 212 g/mol. The van der Waals surface area contributed by atoms with Gasteiger partial charge in [-0.25, -0.2) is 0 Å². The maximum atomic E-state index is 4.54. The molecule has 0 aromatic rings. The Morgan fingerprint density at radius 3 is 0.909 bits per heavy atom. The summed E-state index contributed by atoms with van der Waals surface area (Å²) in [5.74, 6) is 0. The van der Waals surface area contributed by atoms with E-state index in [-0.39, 0.29) is 45.2 Å². The van der Waals surface area contributed by atoms with Gasteiger partial charge in [0, 0.05) is 21.7 Å². The summed E-state index contributed by atoms with van der Waals surface area (Å²) in [7, 11) is 0. The van der Waals surface area contributed by atoms with Crippen LogP contribution in [-0.4, -0.2) is 11.1 Å². The van der Waals surface area contributed by atoms with E-state index in [1.807, 2.05) is 0 Å². The summed E-state index contributed by atoms with van der Waals surface area (Å²) in [6.45, 7) is 12.7. The first-order valence-corrected chi connectivity index (χ1v) is 3.45. The molecule has 0 unspecified atom stereocenters. The van der Waals surface area contributed by atoms with Gasteiger partial charge < -0.3 is 5.32 Å². The van der Waals surface area contributed by atoms with Crippen LogP contribution in [0.1, 0.15) is 41.5 Å². The van der Waals surface area contributed by atoms with Gasteiger partial charge in [-0.2, -0.15) is 0 Å². The molecular formula is C8H19ClNTi-. The largest absolute Gasteiger partial charge is 0.653 e. The maximum Gasteiger partial charge on any atom is 0 e. The summed E-state index contributed by atoms with van der Waals surface area (Å²) in [5.41, 5.74) is 0.219. The SMILES string of the molecule is CC(C)(C)[N-]C(C)(C)C.Cl.[Ti]. The van der Waals surface area contributed by atoms with Crippen LogP contribution in [0.25, 0.3) is 5.32 Å². The number of rotatable bonds is 0. The number of hydrogen-bond acceptors (Lipinski definition) is 0.